The van der Waals surface area contributed by atoms with Crippen LogP contribution in [0.4, 0.5) is 15.9 Å². The monoisotopic (exact) mass is 418 g/mol. The van der Waals surface area contributed by atoms with E-state index in [1.165, 1.54) is 24.3 Å². The molecule has 0 unspecified atom stereocenters. The van der Waals surface area contributed by atoms with Crippen LogP contribution >= 0.6 is 23.4 Å². The molecule has 142 valence electrons. The summed E-state index contributed by atoms with van der Waals surface area (Å²) in [5, 5.41) is 18.4. The zero-order valence-corrected chi connectivity index (χ0v) is 15.8. The zero-order valence-electron chi connectivity index (χ0n) is 14.2. The smallest absolute Gasteiger partial charge is 0.288 e. The summed E-state index contributed by atoms with van der Waals surface area (Å²) in [5.41, 5.74) is 2.07. The van der Waals surface area contributed by atoms with E-state index < -0.39 is 10.8 Å². The Hall–Kier alpha value is -2.91. The minimum Gasteiger partial charge on any atom is -0.306 e. The molecule has 1 aliphatic rings. The first-order chi connectivity index (χ1) is 13.4. The van der Waals surface area contributed by atoms with Gasteiger partial charge in [0.15, 0.2) is 0 Å². The third-order valence-corrected chi connectivity index (χ3v) is 5.55. The SMILES string of the molecule is O=C(Nc1c2c(nn1-c1ccc(F)cc1)CSC2)c1ccc(Cl)c([N+](=O)[O-])c1. The van der Waals surface area contributed by atoms with E-state index in [1.807, 2.05) is 0 Å². The molecule has 2 heterocycles. The molecule has 1 aliphatic heterocycles. The van der Waals surface area contributed by atoms with Crippen LogP contribution in [0.1, 0.15) is 21.6 Å². The number of nitro groups is 1. The highest BCUT2D eigenvalue weighted by molar-refractivity contribution is 7.98. The molecule has 0 saturated heterocycles. The number of nitrogens with one attached hydrogen (secondary N) is 1. The second-order valence-electron chi connectivity index (χ2n) is 6.03. The summed E-state index contributed by atoms with van der Waals surface area (Å²) in [5.74, 6) is 0.945. The first-order valence-corrected chi connectivity index (χ1v) is 9.67. The zero-order chi connectivity index (χ0) is 19.8. The molecule has 0 fully saturated rings. The van der Waals surface area contributed by atoms with Crippen molar-refractivity contribution in [3.05, 3.63) is 80.2 Å². The number of carbonyl (C=O) groups excluding carboxylic acids is 1. The molecule has 4 rings (SSSR count). The maximum absolute atomic E-state index is 13.3. The number of hydrogen-bond acceptors (Lipinski definition) is 5. The van der Waals surface area contributed by atoms with Crippen molar-refractivity contribution in [1.82, 2.24) is 9.78 Å². The van der Waals surface area contributed by atoms with E-state index >= 15 is 0 Å². The number of benzene rings is 2. The fourth-order valence-electron chi connectivity index (χ4n) is 2.88. The highest BCUT2D eigenvalue weighted by Crippen LogP contribution is 2.36. The summed E-state index contributed by atoms with van der Waals surface area (Å²) in [6.07, 6.45) is 0. The van der Waals surface area contributed by atoms with Crippen LogP contribution in [0.2, 0.25) is 5.02 Å². The van der Waals surface area contributed by atoms with Crippen molar-refractivity contribution in [2.24, 2.45) is 0 Å². The standard InChI is InChI=1S/C18H12ClFN4O3S/c19-14-6-1-10(7-16(14)24(26)27)18(25)21-17-13-8-28-9-15(13)22-23(17)12-4-2-11(20)3-5-12/h1-7H,8-9H2,(H,21,25). The van der Waals surface area contributed by atoms with E-state index in [9.17, 15) is 19.3 Å². The number of carbonyl (C=O) groups is 1. The Bertz CT molecular complexity index is 1100. The van der Waals surface area contributed by atoms with Crippen LogP contribution in [0.5, 0.6) is 0 Å². The lowest BCUT2D eigenvalue weighted by Gasteiger charge is -2.11. The van der Waals surface area contributed by atoms with Crippen LogP contribution in [0, 0.1) is 15.9 Å². The van der Waals surface area contributed by atoms with E-state index in [4.69, 9.17) is 11.6 Å². The summed E-state index contributed by atoms with van der Waals surface area (Å²) < 4.78 is 14.8. The Morgan fingerprint density at radius 3 is 2.71 bits per heavy atom. The molecule has 1 aromatic heterocycles. The summed E-state index contributed by atoms with van der Waals surface area (Å²) in [4.78, 5) is 23.2. The second-order valence-corrected chi connectivity index (χ2v) is 7.43. The highest BCUT2D eigenvalue weighted by atomic mass is 35.5. The summed E-state index contributed by atoms with van der Waals surface area (Å²) in [6.45, 7) is 0. The van der Waals surface area contributed by atoms with E-state index in [1.54, 1.807) is 28.6 Å². The van der Waals surface area contributed by atoms with Crippen molar-refractivity contribution in [2.75, 3.05) is 5.32 Å². The van der Waals surface area contributed by atoms with Crippen LogP contribution in [0.3, 0.4) is 0 Å². The van der Waals surface area contributed by atoms with Gasteiger partial charge in [-0.3, -0.25) is 14.9 Å². The van der Waals surface area contributed by atoms with Gasteiger partial charge in [0.25, 0.3) is 11.6 Å². The van der Waals surface area contributed by atoms with Gasteiger partial charge in [0, 0.05) is 28.7 Å². The van der Waals surface area contributed by atoms with Gasteiger partial charge in [-0.1, -0.05) is 11.6 Å². The molecule has 0 bridgehead atoms. The Kier molecular flexibility index (Phi) is 4.78. The Morgan fingerprint density at radius 2 is 2.00 bits per heavy atom. The van der Waals surface area contributed by atoms with Crippen LogP contribution in [0.25, 0.3) is 5.69 Å². The molecule has 1 N–H and O–H groups in total. The normalized spacial score (nSPS) is 12.6. The summed E-state index contributed by atoms with van der Waals surface area (Å²) in [7, 11) is 0. The fourth-order valence-corrected chi connectivity index (χ4v) is 4.11. The van der Waals surface area contributed by atoms with Crippen molar-refractivity contribution in [1.29, 1.82) is 0 Å². The predicted octanol–water partition coefficient (Wildman–Crippen LogP) is 4.57. The fraction of sp³-hybridized carbons (Fsp3) is 0.111. The van der Waals surface area contributed by atoms with Gasteiger partial charge in [0.2, 0.25) is 0 Å². The van der Waals surface area contributed by atoms with Gasteiger partial charge in [0.05, 0.1) is 16.3 Å². The Balaban J connectivity index is 1.72. The van der Waals surface area contributed by atoms with E-state index in [0.717, 1.165) is 17.3 Å². The number of aromatic nitrogens is 2. The van der Waals surface area contributed by atoms with Crippen molar-refractivity contribution in [2.45, 2.75) is 11.5 Å². The van der Waals surface area contributed by atoms with Gasteiger partial charge in [-0.2, -0.15) is 16.9 Å². The minimum atomic E-state index is -0.643. The van der Waals surface area contributed by atoms with Crippen LogP contribution in [0.15, 0.2) is 42.5 Å². The quantitative estimate of drug-likeness (QED) is 0.495. The van der Waals surface area contributed by atoms with Crippen molar-refractivity contribution in [3.63, 3.8) is 0 Å². The molecule has 7 nitrogen and oxygen atoms in total. The Labute approximate surface area is 167 Å². The third kappa shape index (κ3) is 3.34. The van der Waals surface area contributed by atoms with E-state index in [-0.39, 0.29) is 22.1 Å². The summed E-state index contributed by atoms with van der Waals surface area (Å²) in [6, 6.07) is 9.60. The van der Waals surface area contributed by atoms with Crippen molar-refractivity contribution >= 4 is 40.8 Å². The topological polar surface area (TPSA) is 90.1 Å². The first-order valence-electron chi connectivity index (χ1n) is 8.14. The molecular formula is C18H12ClFN4O3S. The number of fused-ring (bicyclic) bond motifs is 1. The number of rotatable bonds is 4. The highest BCUT2D eigenvalue weighted by Gasteiger charge is 2.25. The molecule has 10 heteroatoms. The van der Waals surface area contributed by atoms with Gasteiger partial charge >= 0.3 is 0 Å². The minimum absolute atomic E-state index is 0.0461. The lowest BCUT2D eigenvalue weighted by Crippen LogP contribution is -2.16. The van der Waals surface area contributed by atoms with E-state index in [0.29, 0.717) is 23.0 Å². The van der Waals surface area contributed by atoms with Gasteiger partial charge < -0.3 is 5.32 Å². The molecule has 0 atom stereocenters. The molecule has 28 heavy (non-hydrogen) atoms. The number of nitro benzene ring substituents is 1. The lowest BCUT2D eigenvalue weighted by atomic mass is 10.2. The number of halogens is 2. The van der Waals surface area contributed by atoms with Gasteiger partial charge in [-0.25, -0.2) is 9.07 Å². The predicted molar refractivity (Wildman–Crippen MR) is 105 cm³/mol. The molecule has 3 aromatic rings. The number of amides is 1. The number of nitrogens with zero attached hydrogens (tertiary/aromatic N) is 3. The molecule has 0 spiro atoms. The summed E-state index contributed by atoms with van der Waals surface area (Å²) >= 11 is 7.48. The van der Waals surface area contributed by atoms with Crippen molar-refractivity contribution < 1.29 is 14.1 Å². The average Bonchev–Trinajstić information content (AvgIpc) is 3.25. The lowest BCUT2D eigenvalue weighted by molar-refractivity contribution is -0.384. The molecular weight excluding hydrogens is 407 g/mol. The maximum Gasteiger partial charge on any atom is 0.288 e. The third-order valence-electron chi connectivity index (χ3n) is 4.26. The van der Waals surface area contributed by atoms with Gasteiger partial charge in [-0.05, 0) is 36.4 Å². The molecule has 0 aliphatic carbocycles. The number of thioether (sulfide) groups is 1. The van der Waals surface area contributed by atoms with Crippen molar-refractivity contribution in [3.8, 4) is 5.69 Å². The largest absolute Gasteiger partial charge is 0.306 e. The van der Waals surface area contributed by atoms with Gasteiger partial charge in [0.1, 0.15) is 16.7 Å². The first kappa shape index (κ1) is 18.5. The Morgan fingerprint density at radius 1 is 1.25 bits per heavy atom. The average molecular weight is 419 g/mol. The molecule has 0 saturated carbocycles. The number of hydrogen-bond donors (Lipinski definition) is 1. The van der Waals surface area contributed by atoms with E-state index in [2.05, 4.69) is 10.4 Å². The van der Waals surface area contributed by atoms with Crippen LogP contribution in [-0.2, 0) is 11.5 Å². The molecule has 0 radical (unpaired) electrons. The molecule has 2 aromatic carbocycles. The molecule has 1 amide bonds. The van der Waals surface area contributed by atoms with Crippen LogP contribution < -0.4 is 5.32 Å². The number of anilines is 1. The van der Waals surface area contributed by atoms with Gasteiger partial charge in [-0.15, -0.1) is 0 Å². The maximum atomic E-state index is 13.3. The van der Waals surface area contributed by atoms with Crippen LogP contribution in [-0.4, -0.2) is 20.6 Å². The second kappa shape index (κ2) is 7.25.